The summed E-state index contributed by atoms with van der Waals surface area (Å²) in [5.74, 6) is -0.157. The zero-order chi connectivity index (χ0) is 22.5. The molecule has 1 amide bonds. The van der Waals surface area contributed by atoms with E-state index in [9.17, 15) is 4.79 Å². The van der Waals surface area contributed by atoms with E-state index in [-0.39, 0.29) is 5.91 Å². The molecule has 0 aliphatic carbocycles. The van der Waals surface area contributed by atoms with Gasteiger partial charge in [-0.05, 0) is 60.4 Å². The monoisotopic (exact) mass is 424 g/mol. The largest absolute Gasteiger partial charge is 0.467 e. The van der Waals surface area contributed by atoms with E-state index in [1.807, 2.05) is 44.2 Å². The van der Waals surface area contributed by atoms with Gasteiger partial charge in [0.25, 0.3) is 5.91 Å². The molecule has 160 valence electrons. The fraction of sp³-hybridized carbons (Fsp3) is 0.154. The molecule has 32 heavy (non-hydrogen) atoms. The SMILES string of the molecule is COc1ncc(-c2cc(C(=O)NCc3ccc(C)nc3)cc(-c3ccc(C)cc3)c2)cn1. The van der Waals surface area contributed by atoms with E-state index in [0.717, 1.165) is 33.5 Å². The Morgan fingerprint density at radius 2 is 1.50 bits per heavy atom. The van der Waals surface area contributed by atoms with Gasteiger partial charge >= 0.3 is 6.01 Å². The Morgan fingerprint density at radius 3 is 2.12 bits per heavy atom. The normalized spacial score (nSPS) is 10.6. The second kappa shape index (κ2) is 9.39. The molecule has 0 fully saturated rings. The van der Waals surface area contributed by atoms with Crippen molar-refractivity contribution in [3.05, 3.63) is 95.6 Å². The summed E-state index contributed by atoms with van der Waals surface area (Å²) in [5.41, 5.74) is 7.26. The van der Waals surface area contributed by atoms with Gasteiger partial charge in [0.1, 0.15) is 0 Å². The number of pyridine rings is 1. The summed E-state index contributed by atoms with van der Waals surface area (Å²) >= 11 is 0. The van der Waals surface area contributed by atoms with Crippen LogP contribution in [0.4, 0.5) is 0 Å². The summed E-state index contributed by atoms with van der Waals surface area (Å²) in [7, 11) is 1.53. The van der Waals surface area contributed by atoms with Crippen molar-refractivity contribution in [1.29, 1.82) is 0 Å². The van der Waals surface area contributed by atoms with E-state index in [4.69, 9.17) is 4.74 Å². The van der Waals surface area contributed by atoms with Gasteiger partial charge < -0.3 is 10.1 Å². The van der Waals surface area contributed by atoms with Crippen LogP contribution in [0.5, 0.6) is 6.01 Å². The van der Waals surface area contributed by atoms with Crippen LogP contribution in [0.3, 0.4) is 0 Å². The van der Waals surface area contributed by atoms with Gasteiger partial charge in [-0.25, -0.2) is 9.97 Å². The van der Waals surface area contributed by atoms with Gasteiger partial charge in [0, 0.05) is 42.0 Å². The number of hydrogen-bond donors (Lipinski definition) is 1. The van der Waals surface area contributed by atoms with Gasteiger partial charge in [-0.2, -0.15) is 0 Å². The number of methoxy groups -OCH3 is 1. The minimum atomic E-state index is -0.157. The Morgan fingerprint density at radius 1 is 0.812 bits per heavy atom. The number of ether oxygens (including phenoxy) is 1. The summed E-state index contributed by atoms with van der Waals surface area (Å²) < 4.78 is 5.06. The van der Waals surface area contributed by atoms with Crippen molar-refractivity contribution in [2.24, 2.45) is 0 Å². The van der Waals surface area contributed by atoms with Crippen LogP contribution in [0, 0.1) is 13.8 Å². The standard InChI is InChI=1S/C26H24N4O2/c1-17-4-8-20(9-5-17)21-10-22(24-15-29-26(32-3)30-16-24)12-23(11-21)25(31)28-14-19-7-6-18(2)27-13-19/h4-13,15-16H,14H2,1-3H3,(H,28,31). The molecule has 0 spiro atoms. The number of nitrogens with zero attached hydrogens (tertiary/aromatic N) is 3. The van der Waals surface area contributed by atoms with E-state index in [0.29, 0.717) is 18.1 Å². The second-order valence-corrected chi connectivity index (χ2v) is 7.61. The van der Waals surface area contributed by atoms with Crippen molar-refractivity contribution in [3.63, 3.8) is 0 Å². The average Bonchev–Trinajstić information content (AvgIpc) is 2.83. The van der Waals surface area contributed by atoms with Crippen LogP contribution in [-0.4, -0.2) is 28.0 Å². The van der Waals surface area contributed by atoms with Gasteiger partial charge in [0.15, 0.2) is 0 Å². The van der Waals surface area contributed by atoms with Gasteiger partial charge in [0.05, 0.1) is 7.11 Å². The van der Waals surface area contributed by atoms with Gasteiger partial charge in [-0.15, -0.1) is 0 Å². The maximum Gasteiger partial charge on any atom is 0.316 e. The van der Waals surface area contributed by atoms with E-state index in [2.05, 4.69) is 44.5 Å². The molecule has 0 aliphatic heterocycles. The molecule has 0 radical (unpaired) electrons. The van der Waals surface area contributed by atoms with Gasteiger partial charge in [-0.3, -0.25) is 9.78 Å². The molecule has 2 aromatic carbocycles. The van der Waals surface area contributed by atoms with E-state index in [1.165, 1.54) is 12.7 Å². The lowest BCUT2D eigenvalue weighted by Gasteiger charge is -2.11. The van der Waals surface area contributed by atoms with E-state index >= 15 is 0 Å². The van der Waals surface area contributed by atoms with Crippen LogP contribution in [0.1, 0.15) is 27.2 Å². The topological polar surface area (TPSA) is 77.0 Å². The van der Waals surface area contributed by atoms with Gasteiger partial charge in [-0.1, -0.05) is 35.9 Å². The summed E-state index contributed by atoms with van der Waals surface area (Å²) in [4.78, 5) is 25.7. The predicted octanol–water partition coefficient (Wildman–Crippen LogP) is 4.76. The number of aromatic nitrogens is 3. The Kier molecular flexibility index (Phi) is 6.22. The molecular weight excluding hydrogens is 400 g/mol. The first kappa shape index (κ1) is 21.2. The minimum Gasteiger partial charge on any atom is -0.467 e. The third-order valence-corrected chi connectivity index (χ3v) is 5.15. The lowest BCUT2D eigenvalue weighted by Crippen LogP contribution is -2.23. The van der Waals surface area contributed by atoms with Crippen molar-refractivity contribution in [2.75, 3.05) is 7.11 Å². The Hall–Kier alpha value is -4.06. The van der Waals surface area contributed by atoms with Gasteiger partial charge in [0.2, 0.25) is 0 Å². The van der Waals surface area contributed by atoms with Crippen molar-refractivity contribution in [2.45, 2.75) is 20.4 Å². The van der Waals surface area contributed by atoms with Crippen molar-refractivity contribution < 1.29 is 9.53 Å². The number of hydrogen-bond acceptors (Lipinski definition) is 5. The maximum atomic E-state index is 13.0. The number of amides is 1. The molecule has 6 heteroatoms. The summed E-state index contributed by atoms with van der Waals surface area (Å²) in [6.07, 6.45) is 5.16. The first-order chi connectivity index (χ1) is 15.5. The molecule has 0 saturated carbocycles. The quantitative estimate of drug-likeness (QED) is 0.483. The fourth-order valence-corrected chi connectivity index (χ4v) is 3.30. The van der Waals surface area contributed by atoms with E-state index < -0.39 is 0 Å². The Labute approximate surface area is 187 Å². The molecular formula is C26H24N4O2. The zero-order valence-corrected chi connectivity index (χ0v) is 18.3. The molecule has 0 saturated heterocycles. The first-order valence-electron chi connectivity index (χ1n) is 10.3. The lowest BCUT2D eigenvalue weighted by atomic mass is 9.96. The highest BCUT2D eigenvalue weighted by molar-refractivity contribution is 5.97. The Balaban J connectivity index is 1.67. The van der Waals surface area contributed by atoms with Crippen LogP contribution in [-0.2, 0) is 6.54 Å². The third-order valence-electron chi connectivity index (χ3n) is 5.15. The molecule has 1 N–H and O–H groups in total. The molecule has 2 aromatic heterocycles. The lowest BCUT2D eigenvalue weighted by molar-refractivity contribution is 0.0951. The van der Waals surface area contributed by atoms with E-state index in [1.54, 1.807) is 18.6 Å². The molecule has 0 atom stereocenters. The highest BCUT2D eigenvalue weighted by Crippen LogP contribution is 2.28. The summed E-state index contributed by atoms with van der Waals surface area (Å²) in [6.45, 7) is 4.39. The van der Waals surface area contributed by atoms with Crippen LogP contribution < -0.4 is 10.1 Å². The van der Waals surface area contributed by atoms with Crippen LogP contribution in [0.15, 0.2) is 73.2 Å². The number of aryl methyl sites for hydroxylation is 2. The number of carbonyl (C=O) groups is 1. The molecule has 0 aliphatic rings. The number of nitrogens with one attached hydrogen (secondary N) is 1. The fourth-order valence-electron chi connectivity index (χ4n) is 3.30. The average molecular weight is 425 g/mol. The smallest absolute Gasteiger partial charge is 0.316 e. The summed E-state index contributed by atoms with van der Waals surface area (Å²) in [6, 6.07) is 18.2. The molecule has 6 nitrogen and oxygen atoms in total. The predicted molar refractivity (Wildman–Crippen MR) is 124 cm³/mol. The van der Waals surface area contributed by atoms with Crippen molar-refractivity contribution >= 4 is 5.91 Å². The zero-order valence-electron chi connectivity index (χ0n) is 18.3. The first-order valence-corrected chi connectivity index (χ1v) is 10.3. The number of carbonyl (C=O) groups excluding carboxylic acids is 1. The minimum absolute atomic E-state index is 0.157. The van der Waals surface area contributed by atoms with Crippen LogP contribution in [0.25, 0.3) is 22.3 Å². The van der Waals surface area contributed by atoms with Crippen molar-refractivity contribution in [1.82, 2.24) is 20.3 Å². The Bertz CT molecular complexity index is 1220. The highest BCUT2D eigenvalue weighted by Gasteiger charge is 2.12. The second-order valence-electron chi connectivity index (χ2n) is 7.61. The molecule has 0 bridgehead atoms. The number of rotatable bonds is 6. The third kappa shape index (κ3) is 4.98. The van der Waals surface area contributed by atoms with Crippen molar-refractivity contribution in [3.8, 4) is 28.3 Å². The summed E-state index contributed by atoms with van der Waals surface area (Å²) in [5, 5.41) is 2.99. The maximum absolute atomic E-state index is 13.0. The van der Waals surface area contributed by atoms with Crippen LogP contribution in [0.2, 0.25) is 0 Å². The molecule has 0 unspecified atom stereocenters. The molecule has 4 aromatic rings. The molecule has 4 rings (SSSR count). The number of benzene rings is 2. The molecule has 2 heterocycles. The highest BCUT2D eigenvalue weighted by atomic mass is 16.5. The van der Waals surface area contributed by atoms with Crippen LogP contribution >= 0.6 is 0 Å².